The number of carbonyl (C=O) groups excluding carboxylic acids is 1. The van der Waals surface area contributed by atoms with Gasteiger partial charge in [-0.05, 0) is 36.4 Å². The number of aromatic nitrogens is 4. The topological polar surface area (TPSA) is 113 Å². The van der Waals surface area contributed by atoms with Gasteiger partial charge in [0.1, 0.15) is 11.5 Å². The predicted molar refractivity (Wildman–Crippen MR) is 126 cm³/mol. The molecule has 0 unspecified atom stereocenters. The van der Waals surface area contributed by atoms with Crippen molar-refractivity contribution in [2.45, 2.75) is 25.2 Å². The van der Waals surface area contributed by atoms with Gasteiger partial charge in [0.25, 0.3) is 5.56 Å². The van der Waals surface area contributed by atoms with Gasteiger partial charge in [0.05, 0.1) is 22.0 Å². The summed E-state index contributed by atoms with van der Waals surface area (Å²) in [6.07, 6.45) is 3.71. The smallest absolute Gasteiger partial charge is 0.327 e. The Bertz CT molecular complexity index is 1530. The van der Waals surface area contributed by atoms with Crippen molar-refractivity contribution in [3.8, 4) is 16.3 Å². The maximum absolute atomic E-state index is 13.2. The second kappa shape index (κ2) is 7.56. The van der Waals surface area contributed by atoms with Crippen molar-refractivity contribution in [2.24, 2.45) is 0 Å². The quantitative estimate of drug-likeness (QED) is 0.436. The predicted octanol–water partition coefficient (Wildman–Crippen LogP) is 3.54. The monoisotopic (exact) mass is 457 g/mol. The lowest BCUT2D eigenvalue weighted by Gasteiger charge is -2.32. The number of rotatable bonds is 3. The van der Waals surface area contributed by atoms with Crippen molar-refractivity contribution in [1.29, 1.82) is 0 Å². The Hall–Kier alpha value is -3.98. The van der Waals surface area contributed by atoms with E-state index in [2.05, 4.69) is 15.3 Å². The molecule has 2 aliphatic rings. The zero-order chi connectivity index (χ0) is 22.5. The third-order valence-electron chi connectivity index (χ3n) is 6.12. The van der Waals surface area contributed by atoms with Crippen LogP contribution in [0.15, 0.2) is 74.9 Å². The van der Waals surface area contributed by atoms with Gasteiger partial charge in [-0.1, -0.05) is 24.3 Å². The van der Waals surface area contributed by atoms with Crippen molar-refractivity contribution in [2.75, 3.05) is 5.32 Å². The van der Waals surface area contributed by atoms with Gasteiger partial charge in [-0.25, -0.2) is 9.48 Å². The van der Waals surface area contributed by atoms with E-state index in [0.29, 0.717) is 35.5 Å². The third-order valence-corrected chi connectivity index (χ3v) is 6.99. The fourth-order valence-corrected chi connectivity index (χ4v) is 5.45. The number of nitrogens with one attached hydrogen (secondary N) is 3. The number of allylic oxidation sites excluding steroid dienone is 2. The first-order valence-electron chi connectivity index (χ1n) is 10.7. The zero-order valence-electron chi connectivity index (χ0n) is 17.4. The molecule has 33 heavy (non-hydrogen) atoms. The highest BCUT2D eigenvalue weighted by molar-refractivity contribution is 7.13. The minimum absolute atomic E-state index is 0.00888. The fourth-order valence-electron chi connectivity index (χ4n) is 4.72. The zero-order valence-corrected chi connectivity index (χ0v) is 18.2. The van der Waals surface area contributed by atoms with Crippen LogP contribution in [0.2, 0.25) is 0 Å². The largest absolute Gasteiger partial charge is 0.344 e. The van der Waals surface area contributed by atoms with Gasteiger partial charge in [0.2, 0.25) is 0 Å². The molecule has 164 valence electrons. The van der Waals surface area contributed by atoms with Gasteiger partial charge in [-0.3, -0.25) is 19.6 Å². The van der Waals surface area contributed by atoms with E-state index in [9.17, 15) is 14.4 Å². The fraction of sp³-hybridized carbons (Fsp3) is 0.167. The first kappa shape index (κ1) is 19.7. The number of nitrogens with zero attached hydrogens (tertiary/aromatic N) is 2. The minimum Gasteiger partial charge on any atom is -0.344 e. The molecule has 0 radical (unpaired) electrons. The van der Waals surface area contributed by atoms with Crippen LogP contribution >= 0.6 is 11.3 Å². The number of aromatic amines is 2. The van der Waals surface area contributed by atoms with Crippen LogP contribution in [0.1, 0.15) is 36.3 Å². The molecule has 0 saturated heterocycles. The molecule has 1 atom stereocenters. The van der Waals surface area contributed by atoms with Crippen molar-refractivity contribution < 1.29 is 4.79 Å². The summed E-state index contributed by atoms with van der Waals surface area (Å²) in [7, 11) is 0. The lowest BCUT2D eigenvalue weighted by Crippen LogP contribution is -2.36. The third kappa shape index (κ3) is 3.20. The van der Waals surface area contributed by atoms with Crippen LogP contribution in [-0.2, 0) is 4.79 Å². The lowest BCUT2D eigenvalue weighted by molar-refractivity contribution is -0.116. The molecule has 0 spiro atoms. The molecule has 1 aliphatic carbocycles. The second-order valence-electron chi connectivity index (χ2n) is 8.11. The van der Waals surface area contributed by atoms with E-state index in [-0.39, 0.29) is 5.78 Å². The van der Waals surface area contributed by atoms with Gasteiger partial charge in [-0.15, -0.1) is 11.3 Å². The molecule has 0 bridgehead atoms. The van der Waals surface area contributed by atoms with Crippen LogP contribution in [0.4, 0.5) is 5.82 Å². The van der Waals surface area contributed by atoms with Crippen LogP contribution in [0, 0.1) is 0 Å². The Morgan fingerprint density at radius 1 is 1.00 bits per heavy atom. The average molecular weight is 458 g/mol. The van der Waals surface area contributed by atoms with Crippen molar-refractivity contribution in [3.63, 3.8) is 0 Å². The summed E-state index contributed by atoms with van der Waals surface area (Å²) in [6.45, 7) is 0. The van der Waals surface area contributed by atoms with Gasteiger partial charge < -0.3 is 5.32 Å². The Morgan fingerprint density at radius 2 is 1.85 bits per heavy atom. The number of ketones is 1. The standard InChI is InChI=1S/C24H19N5O3S/c30-16-9-4-8-15-19(16)18(20-22(25-15)26-24(32)27-23(20)31)14-12-29(13-6-2-1-3-7-13)28-21(14)17-10-5-11-33-17/h1-3,5-7,10-12,18H,4,8-9H2,(H3,25,26,27,31,32)/t18-/m1/s1. The number of thiophene rings is 1. The van der Waals surface area contributed by atoms with E-state index < -0.39 is 17.2 Å². The molecule has 4 heterocycles. The highest BCUT2D eigenvalue weighted by Gasteiger charge is 2.39. The van der Waals surface area contributed by atoms with Crippen molar-refractivity contribution in [3.05, 3.63) is 97.3 Å². The van der Waals surface area contributed by atoms with E-state index >= 15 is 0 Å². The number of H-pyrrole nitrogens is 2. The molecule has 1 aromatic carbocycles. The highest BCUT2D eigenvalue weighted by atomic mass is 32.1. The van der Waals surface area contributed by atoms with Crippen LogP contribution in [0.5, 0.6) is 0 Å². The summed E-state index contributed by atoms with van der Waals surface area (Å²) in [4.78, 5) is 44.2. The van der Waals surface area contributed by atoms with Gasteiger partial charge in [0, 0.05) is 29.5 Å². The van der Waals surface area contributed by atoms with E-state index in [1.165, 1.54) is 0 Å². The number of hydrogen-bond acceptors (Lipinski definition) is 6. The first-order valence-corrected chi connectivity index (χ1v) is 11.6. The molecule has 3 aromatic heterocycles. The molecule has 3 N–H and O–H groups in total. The summed E-state index contributed by atoms with van der Waals surface area (Å²) in [5.41, 5.74) is 2.90. The van der Waals surface area contributed by atoms with Gasteiger partial charge >= 0.3 is 5.69 Å². The van der Waals surface area contributed by atoms with E-state index in [0.717, 1.165) is 28.2 Å². The van der Waals surface area contributed by atoms with E-state index in [4.69, 9.17) is 5.10 Å². The molecule has 0 fully saturated rings. The van der Waals surface area contributed by atoms with Crippen LogP contribution in [0.25, 0.3) is 16.3 Å². The van der Waals surface area contributed by atoms with Crippen LogP contribution < -0.4 is 16.6 Å². The van der Waals surface area contributed by atoms with Crippen molar-refractivity contribution >= 4 is 22.9 Å². The summed E-state index contributed by atoms with van der Waals surface area (Å²) in [5, 5.41) is 10.0. The van der Waals surface area contributed by atoms with Crippen LogP contribution in [-0.4, -0.2) is 25.5 Å². The Morgan fingerprint density at radius 3 is 2.64 bits per heavy atom. The van der Waals surface area contributed by atoms with E-state index in [1.54, 1.807) is 16.0 Å². The number of fused-ring (bicyclic) bond motifs is 1. The molecule has 0 amide bonds. The first-order chi connectivity index (χ1) is 16.1. The number of para-hydroxylation sites is 1. The van der Waals surface area contributed by atoms with E-state index in [1.807, 2.05) is 54.0 Å². The number of Topliss-reactive ketones (excluding diaryl/α,β-unsaturated/α-hetero) is 1. The summed E-state index contributed by atoms with van der Waals surface area (Å²) >= 11 is 1.54. The molecule has 6 rings (SSSR count). The Balaban J connectivity index is 1.66. The minimum atomic E-state index is -0.640. The SMILES string of the molecule is O=C1CCCC2=C1[C@@H](c1cn(-c3ccccc3)nc1-c1cccs1)c1c([nH]c(=O)[nH]c1=O)N2. The van der Waals surface area contributed by atoms with Crippen molar-refractivity contribution in [1.82, 2.24) is 19.7 Å². The molecular formula is C24H19N5O3S. The van der Waals surface area contributed by atoms with Gasteiger partial charge in [-0.2, -0.15) is 5.10 Å². The number of carbonyl (C=O) groups is 1. The molecule has 1 aliphatic heterocycles. The number of anilines is 1. The molecule has 4 aromatic rings. The maximum atomic E-state index is 13.2. The maximum Gasteiger partial charge on any atom is 0.327 e. The highest BCUT2D eigenvalue weighted by Crippen LogP contribution is 2.46. The molecule has 9 heteroatoms. The lowest BCUT2D eigenvalue weighted by atomic mass is 9.76. The van der Waals surface area contributed by atoms with Gasteiger partial charge in [0.15, 0.2) is 5.78 Å². The summed E-state index contributed by atoms with van der Waals surface area (Å²) < 4.78 is 1.78. The number of benzene rings is 1. The number of hydrogen-bond donors (Lipinski definition) is 3. The average Bonchev–Trinajstić information content (AvgIpc) is 3.48. The summed E-state index contributed by atoms with van der Waals surface area (Å²) in [6, 6.07) is 13.6. The Kier molecular flexibility index (Phi) is 4.51. The molecule has 0 saturated carbocycles. The Labute approximate surface area is 191 Å². The summed E-state index contributed by atoms with van der Waals surface area (Å²) in [5.74, 6) is -0.291. The van der Waals surface area contributed by atoms with Crippen LogP contribution in [0.3, 0.4) is 0 Å². The normalized spacial score (nSPS) is 17.5. The molecular weight excluding hydrogens is 438 g/mol. The molecule has 8 nitrogen and oxygen atoms in total. The second-order valence-corrected chi connectivity index (χ2v) is 9.06.